The molecule has 0 bridgehead atoms. The van der Waals surface area contributed by atoms with Crippen molar-refractivity contribution in [3.63, 3.8) is 0 Å². The second-order valence-corrected chi connectivity index (χ2v) is 12.7. The Morgan fingerprint density at radius 3 is 2.21 bits per heavy atom. The van der Waals surface area contributed by atoms with Crippen LogP contribution in [0.15, 0.2) is 71.6 Å². The number of benzene rings is 3. The molecule has 230 valence electrons. The van der Waals surface area contributed by atoms with Crippen LogP contribution in [-0.2, 0) is 26.2 Å². The van der Waals surface area contributed by atoms with E-state index in [0.29, 0.717) is 22.9 Å². The third kappa shape index (κ3) is 8.45. The number of nitro groups is 1. The maximum atomic E-state index is 14.0. The fraction of sp³-hybridized carbons (Fsp3) is 0.333. The van der Waals surface area contributed by atoms with Crippen molar-refractivity contribution in [1.82, 2.24) is 10.2 Å². The van der Waals surface area contributed by atoms with E-state index < -0.39 is 39.3 Å². The number of nitrogens with one attached hydrogen (secondary N) is 1. The number of ether oxygens (including phenoxy) is 1. The summed E-state index contributed by atoms with van der Waals surface area (Å²) in [6.07, 6.45) is 0. The highest BCUT2D eigenvalue weighted by Crippen LogP contribution is 2.29. The van der Waals surface area contributed by atoms with Gasteiger partial charge in [0.05, 0.1) is 22.6 Å². The van der Waals surface area contributed by atoms with Gasteiger partial charge < -0.3 is 15.0 Å². The van der Waals surface area contributed by atoms with E-state index in [9.17, 15) is 28.1 Å². The van der Waals surface area contributed by atoms with Gasteiger partial charge in [-0.2, -0.15) is 0 Å². The molecule has 0 aliphatic carbocycles. The zero-order valence-electron chi connectivity index (χ0n) is 24.6. The number of aryl methyl sites for hydroxylation is 1. The predicted octanol–water partition coefficient (Wildman–Crippen LogP) is 4.95. The van der Waals surface area contributed by atoms with Crippen LogP contribution < -0.4 is 14.4 Å². The Morgan fingerprint density at radius 2 is 1.65 bits per heavy atom. The van der Waals surface area contributed by atoms with Crippen LogP contribution in [0.4, 0.5) is 11.4 Å². The summed E-state index contributed by atoms with van der Waals surface area (Å²) in [6.45, 7) is 6.65. The van der Waals surface area contributed by atoms with Gasteiger partial charge in [0, 0.05) is 29.7 Å². The molecule has 1 N–H and O–H groups in total. The van der Waals surface area contributed by atoms with Crippen molar-refractivity contribution in [2.75, 3.05) is 24.5 Å². The smallest absolute Gasteiger partial charge is 0.273 e. The van der Waals surface area contributed by atoms with E-state index in [1.165, 1.54) is 55.3 Å². The van der Waals surface area contributed by atoms with E-state index in [2.05, 4.69) is 5.32 Å². The molecule has 3 aromatic rings. The van der Waals surface area contributed by atoms with Gasteiger partial charge in [-0.15, -0.1) is 0 Å². The van der Waals surface area contributed by atoms with Gasteiger partial charge in [0.1, 0.15) is 18.3 Å². The largest absolute Gasteiger partial charge is 0.497 e. The molecule has 0 aliphatic heterocycles. The molecule has 0 saturated carbocycles. The first-order valence-corrected chi connectivity index (χ1v) is 15.3. The summed E-state index contributed by atoms with van der Waals surface area (Å²) < 4.78 is 34.1. The fourth-order valence-electron chi connectivity index (χ4n) is 4.17. The Kier molecular flexibility index (Phi) is 11.1. The molecule has 3 aromatic carbocycles. The lowest BCUT2D eigenvalue weighted by molar-refractivity contribution is -0.385. The molecule has 0 fully saturated rings. The zero-order chi connectivity index (χ0) is 31.9. The van der Waals surface area contributed by atoms with E-state index in [4.69, 9.17) is 16.3 Å². The number of anilines is 1. The molecule has 3 rings (SSSR count). The average Bonchev–Trinajstić information content (AvgIpc) is 2.97. The minimum atomic E-state index is -4.50. The van der Waals surface area contributed by atoms with Gasteiger partial charge in [-0.1, -0.05) is 43.6 Å². The summed E-state index contributed by atoms with van der Waals surface area (Å²) in [5.74, 6) is -0.434. The number of methoxy groups -OCH3 is 1. The molecule has 1 atom stereocenters. The number of rotatable bonds is 13. The molecule has 13 heteroatoms. The molecular weight excluding hydrogens is 596 g/mol. The summed E-state index contributed by atoms with van der Waals surface area (Å²) in [5, 5.41) is 14.9. The van der Waals surface area contributed by atoms with Crippen LogP contribution in [0, 0.1) is 23.0 Å². The van der Waals surface area contributed by atoms with Crippen LogP contribution in [-0.4, -0.2) is 56.3 Å². The van der Waals surface area contributed by atoms with Gasteiger partial charge in [0.15, 0.2) is 0 Å². The van der Waals surface area contributed by atoms with Gasteiger partial charge in [0.2, 0.25) is 11.8 Å². The van der Waals surface area contributed by atoms with Crippen LogP contribution in [0.25, 0.3) is 0 Å². The van der Waals surface area contributed by atoms with Gasteiger partial charge in [-0.25, -0.2) is 8.42 Å². The normalized spacial score (nSPS) is 12.0. The van der Waals surface area contributed by atoms with Crippen LogP contribution in [0.3, 0.4) is 0 Å². The Bertz CT molecular complexity index is 1560. The molecular formula is C30H35ClN4O7S. The topological polar surface area (TPSA) is 139 Å². The second-order valence-electron chi connectivity index (χ2n) is 10.4. The highest BCUT2D eigenvalue weighted by molar-refractivity contribution is 7.92. The van der Waals surface area contributed by atoms with E-state index in [-0.39, 0.29) is 34.3 Å². The number of amides is 2. The lowest BCUT2D eigenvalue weighted by Gasteiger charge is -2.32. The number of carbonyl (C=O) groups is 2. The summed E-state index contributed by atoms with van der Waals surface area (Å²) in [6, 6.07) is 15.4. The maximum absolute atomic E-state index is 14.0. The zero-order valence-corrected chi connectivity index (χ0v) is 26.2. The molecule has 43 heavy (non-hydrogen) atoms. The number of carbonyl (C=O) groups excluding carboxylic acids is 2. The third-order valence-corrected chi connectivity index (χ3v) is 8.74. The first-order valence-electron chi connectivity index (χ1n) is 13.5. The van der Waals surface area contributed by atoms with Gasteiger partial charge in [-0.3, -0.25) is 24.0 Å². The molecule has 0 heterocycles. The highest BCUT2D eigenvalue weighted by Gasteiger charge is 2.33. The molecule has 0 spiro atoms. The van der Waals surface area contributed by atoms with E-state index in [1.54, 1.807) is 31.2 Å². The number of hydrogen-bond acceptors (Lipinski definition) is 7. The van der Waals surface area contributed by atoms with Crippen molar-refractivity contribution < 1.29 is 27.7 Å². The maximum Gasteiger partial charge on any atom is 0.273 e. The Labute approximate surface area is 256 Å². The lowest BCUT2D eigenvalue weighted by atomic mass is 10.1. The standard InChI is InChI=1S/C30H35ClN4O7S/c1-20(2)17-32-30(37)22(4)33(18-23-7-9-24(31)10-8-23)29(36)19-34(25-11-13-26(42-5)14-12-25)43(40,41)27-15-6-21(3)28(16-27)35(38)39/h6-16,20,22H,17-19H2,1-5H3,(H,32,37)/t22-/m1/s1. The molecule has 0 radical (unpaired) electrons. The summed E-state index contributed by atoms with van der Waals surface area (Å²) in [5.41, 5.74) is 0.711. The number of halogens is 1. The Morgan fingerprint density at radius 1 is 1.02 bits per heavy atom. The van der Waals surface area contributed by atoms with Crippen LogP contribution in [0.2, 0.25) is 5.02 Å². The average molecular weight is 631 g/mol. The van der Waals surface area contributed by atoms with Gasteiger partial charge >= 0.3 is 0 Å². The number of nitro benzene ring substituents is 1. The molecule has 2 amide bonds. The summed E-state index contributed by atoms with van der Waals surface area (Å²) in [4.78, 5) is 38.9. The Hall–Kier alpha value is -4.16. The van der Waals surface area contributed by atoms with Crippen molar-refractivity contribution >= 4 is 44.8 Å². The van der Waals surface area contributed by atoms with Crippen molar-refractivity contribution in [3.8, 4) is 5.75 Å². The minimum absolute atomic E-state index is 0.00122. The Balaban J connectivity index is 2.07. The summed E-state index contributed by atoms with van der Waals surface area (Å²) in [7, 11) is -3.04. The first kappa shape index (κ1) is 33.3. The molecule has 0 saturated heterocycles. The number of sulfonamides is 1. The molecule has 0 unspecified atom stereocenters. The predicted molar refractivity (Wildman–Crippen MR) is 165 cm³/mol. The highest BCUT2D eigenvalue weighted by atomic mass is 35.5. The fourth-order valence-corrected chi connectivity index (χ4v) is 5.73. The first-order chi connectivity index (χ1) is 20.2. The van der Waals surface area contributed by atoms with E-state index in [1.807, 2.05) is 13.8 Å². The second kappa shape index (κ2) is 14.3. The van der Waals surface area contributed by atoms with Crippen molar-refractivity contribution in [3.05, 3.63) is 93.0 Å². The quantitative estimate of drug-likeness (QED) is 0.208. The molecule has 11 nitrogen and oxygen atoms in total. The molecule has 0 aliphatic rings. The van der Waals surface area contributed by atoms with Crippen molar-refractivity contribution in [2.45, 2.75) is 45.2 Å². The van der Waals surface area contributed by atoms with Crippen LogP contribution in [0.5, 0.6) is 5.75 Å². The minimum Gasteiger partial charge on any atom is -0.497 e. The van der Waals surface area contributed by atoms with Crippen molar-refractivity contribution in [1.29, 1.82) is 0 Å². The van der Waals surface area contributed by atoms with E-state index >= 15 is 0 Å². The van der Waals surface area contributed by atoms with E-state index in [0.717, 1.165) is 10.4 Å². The third-order valence-electron chi connectivity index (χ3n) is 6.72. The van der Waals surface area contributed by atoms with Gasteiger partial charge in [0.25, 0.3) is 15.7 Å². The van der Waals surface area contributed by atoms with Crippen molar-refractivity contribution in [2.24, 2.45) is 5.92 Å². The van der Waals surface area contributed by atoms with Gasteiger partial charge in [-0.05, 0) is 67.8 Å². The molecule has 0 aromatic heterocycles. The monoisotopic (exact) mass is 630 g/mol. The SMILES string of the molecule is COc1ccc(N(CC(=O)N(Cc2ccc(Cl)cc2)[C@H](C)C(=O)NCC(C)C)S(=O)(=O)c2ccc(C)c([N+](=O)[O-])c2)cc1. The number of hydrogen-bond donors (Lipinski definition) is 1. The van der Waals surface area contributed by atoms with Crippen LogP contribution >= 0.6 is 11.6 Å². The lowest BCUT2D eigenvalue weighted by Crippen LogP contribution is -2.51. The summed E-state index contributed by atoms with van der Waals surface area (Å²) >= 11 is 6.03. The number of nitrogens with zero attached hydrogens (tertiary/aromatic N) is 3. The van der Waals surface area contributed by atoms with Crippen LogP contribution in [0.1, 0.15) is 31.9 Å².